The molecule has 2 aromatic carbocycles. The molecule has 0 fully saturated rings. The lowest BCUT2D eigenvalue weighted by molar-refractivity contribution is -0.138. The van der Waals surface area contributed by atoms with Gasteiger partial charge >= 0.3 is 5.97 Å². The predicted octanol–water partition coefficient (Wildman–Crippen LogP) is 4.13. The topological polar surface area (TPSA) is 63.6 Å². The summed E-state index contributed by atoms with van der Waals surface area (Å²) in [6.45, 7) is 5.59. The number of hydrogen-bond donors (Lipinski definition) is 1. The first-order valence-corrected chi connectivity index (χ1v) is 7.77. The number of rotatable bonds is 6. The number of phenolic OH excluding ortho intramolecular Hbond substituents is 1. The van der Waals surface area contributed by atoms with Gasteiger partial charge in [0.05, 0.1) is 18.1 Å². The summed E-state index contributed by atoms with van der Waals surface area (Å²) in [5, 5.41) is 10.3. The van der Waals surface area contributed by atoms with E-state index in [0.717, 1.165) is 0 Å². The van der Waals surface area contributed by atoms with Gasteiger partial charge in [-0.2, -0.15) is 0 Å². The number of esters is 1. The van der Waals surface area contributed by atoms with Crippen LogP contribution in [0.3, 0.4) is 0 Å². The molecule has 0 bridgehead atoms. The molecular weight excluding hydrogens is 328 g/mol. The van der Waals surface area contributed by atoms with Crippen molar-refractivity contribution < 1.29 is 19.4 Å². The summed E-state index contributed by atoms with van der Waals surface area (Å²) in [4.78, 5) is 25.1. The third kappa shape index (κ3) is 3.84. The van der Waals surface area contributed by atoms with E-state index in [9.17, 15) is 14.7 Å². The molecular formula is C19H17ClO4. The highest BCUT2D eigenvalue weighted by Gasteiger charge is 2.31. The minimum absolute atomic E-state index is 0.00688. The largest absolute Gasteiger partial charge is 0.507 e. The van der Waals surface area contributed by atoms with Crippen LogP contribution in [0.5, 0.6) is 5.75 Å². The fourth-order valence-electron chi connectivity index (χ4n) is 2.36. The summed E-state index contributed by atoms with van der Waals surface area (Å²) in [5.74, 6) is -2.29. The van der Waals surface area contributed by atoms with Gasteiger partial charge in [0.25, 0.3) is 0 Å². The van der Waals surface area contributed by atoms with Crippen LogP contribution in [-0.4, -0.2) is 23.5 Å². The molecule has 4 nitrogen and oxygen atoms in total. The van der Waals surface area contributed by atoms with Gasteiger partial charge in [0.2, 0.25) is 0 Å². The van der Waals surface area contributed by atoms with Crippen molar-refractivity contribution >= 4 is 23.4 Å². The fraction of sp³-hybridized carbons (Fsp3) is 0.158. The van der Waals surface area contributed by atoms with Gasteiger partial charge in [-0.1, -0.05) is 48.5 Å². The highest BCUT2D eigenvalue weighted by atomic mass is 35.5. The maximum absolute atomic E-state index is 13.0. The van der Waals surface area contributed by atoms with E-state index in [4.69, 9.17) is 16.3 Å². The fourth-order valence-corrected chi connectivity index (χ4v) is 2.53. The maximum atomic E-state index is 13.0. The van der Waals surface area contributed by atoms with Crippen molar-refractivity contribution in [2.24, 2.45) is 0 Å². The molecule has 0 aliphatic rings. The second-order valence-corrected chi connectivity index (χ2v) is 5.55. The average molecular weight is 345 g/mol. The molecule has 2 rings (SSSR count). The molecule has 0 aliphatic carbocycles. The zero-order valence-corrected chi connectivity index (χ0v) is 13.9. The van der Waals surface area contributed by atoms with E-state index >= 15 is 0 Å². The zero-order chi connectivity index (χ0) is 17.7. The minimum Gasteiger partial charge on any atom is -0.507 e. The van der Waals surface area contributed by atoms with Crippen molar-refractivity contribution in [2.75, 3.05) is 6.61 Å². The molecule has 1 unspecified atom stereocenters. The summed E-state index contributed by atoms with van der Waals surface area (Å²) in [6, 6.07) is 12.9. The summed E-state index contributed by atoms with van der Waals surface area (Å²) < 4.78 is 4.97. The number of aromatic hydroxyl groups is 1. The first-order valence-electron chi connectivity index (χ1n) is 7.39. The van der Waals surface area contributed by atoms with E-state index in [1.807, 2.05) is 0 Å². The van der Waals surface area contributed by atoms with Crippen LogP contribution in [0.1, 0.15) is 28.8 Å². The van der Waals surface area contributed by atoms with E-state index in [1.54, 1.807) is 37.3 Å². The van der Waals surface area contributed by atoms with Crippen molar-refractivity contribution in [1.29, 1.82) is 0 Å². The number of ketones is 1. The van der Waals surface area contributed by atoms with Gasteiger partial charge < -0.3 is 9.84 Å². The number of carbonyl (C=O) groups excluding carboxylic acids is 2. The second-order valence-electron chi connectivity index (χ2n) is 5.12. The summed E-state index contributed by atoms with van der Waals surface area (Å²) in [7, 11) is 0. The molecule has 1 N–H and O–H groups in total. The Morgan fingerprint density at radius 2 is 1.88 bits per heavy atom. The van der Waals surface area contributed by atoms with Gasteiger partial charge in [0, 0.05) is 10.6 Å². The Bertz CT molecular complexity index is 768. The Kier molecular flexibility index (Phi) is 5.77. The first kappa shape index (κ1) is 17.8. The summed E-state index contributed by atoms with van der Waals surface area (Å²) in [5.41, 5.74) is 0.620. The highest BCUT2D eigenvalue weighted by Crippen LogP contribution is 2.32. The number of phenols is 1. The van der Waals surface area contributed by atoms with Crippen molar-refractivity contribution in [3.05, 3.63) is 76.8 Å². The van der Waals surface area contributed by atoms with E-state index < -0.39 is 17.7 Å². The van der Waals surface area contributed by atoms with Gasteiger partial charge in [-0.3, -0.25) is 4.79 Å². The van der Waals surface area contributed by atoms with Crippen LogP contribution in [0, 0.1) is 0 Å². The molecule has 2 aromatic rings. The van der Waals surface area contributed by atoms with Crippen molar-refractivity contribution in [1.82, 2.24) is 0 Å². The molecule has 0 heterocycles. The van der Waals surface area contributed by atoms with Crippen LogP contribution in [0.4, 0.5) is 0 Å². The minimum atomic E-state index is -0.963. The Morgan fingerprint density at radius 3 is 2.50 bits per heavy atom. The van der Waals surface area contributed by atoms with Crippen LogP contribution < -0.4 is 0 Å². The lowest BCUT2D eigenvalue weighted by Gasteiger charge is -2.18. The number of carbonyl (C=O) groups is 2. The number of benzene rings is 2. The van der Waals surface area contributed by atoms with Crippen LogP contribution in [-0.2, 0) is 9.53 Å². The third-order valence-electron chi connectivity index (χ3n) is 3.51. The van der Waals surface area contributed by atoms with Crippen molar-refractivity contribution in [2.45, 2.75) is 12.8 Å². The Morgan fingerprint density at radius 1 is 1.21 bits per heavy atom. The smallest absolute Gasteiger partial charge is 0.334 e. The number of ether oxygens (including phenoxy) is 1. The molecule has 0 saturated heterocycles. The zero-order valence-electron chi connectivity index (χ0n) is 13.2. The Hall–Kier alpha value is -2.59. The number of halogens is 1. The number of Topliss-reactive ketones (excluding diaryl/α,β-unsaturated/α-hetero) is 1. The lowest BCUT2D eigenvalue weighted by atomic mass is 9.85. The molecule has 0 amide bonds. The monoisotopic (exact) mass is 344 g/mol. The van der Waals surface area contributed by atoms with Crippen LogP contribution in [0.15, 0.2) is 60.7 Å². The average Bonchev–Trinajstić information content (AvgIpc) is 2.58. The quantitative estimate of drug-likeness (QED) is 0.486. The molecule has 24 heavy (non-hydrogen) atoms. The van der Waals surface area contributed by atoms with Crippen molar-refractivity contribution in [3.63, 3.8) is 0 Å². The van der Waals surface area contributed by atoms with Gasteiger partial charge in [-0.25, -0.2) is 4.79 Å². The SMILES string of the molecule is C=C(C(=O)OCC)C(C(=O)c1cc(Cl)ccc1O)c1ccccc1. The maximum Gasteiger partial charge on any atom is 0.334 e. The first-order chi connectivity index (χ1) is 11.5. The van der Waals surface area contributed by atoms with E-state index in [0.29, 0.717) is 10.6 Å². The second kappa shape index (κ2) is 7.79. The molecule has 0 aliphatic heterocycles. The molecule has 0 saturated carbocycles. The van der Waals surface area contributed by atoms with E-state index in [1.165, 1.54) is 18.2 Å². The lowest BCUT2D eigenvalue weighted by Crippen LogP contribution is -2.21. The van der Waals surface area contributed by atoms with Crippen molar-refractivity contribution in [3.8, 4) is 5.75 Å². The summed E-state index contributed by atoms with van der Waals surface area (Å²) in [6.07, 6.45) is 0. The molecule has 0 spiro atoms. The predicted molar refractivity (Wildman–Crippen MR) is 92.4 cm³/mol. The van der Waals surface area contributed by atoms with Crippen LogP contribution >= 0.6 is 11.6 Å². The Labute approximate surface area is 145 Å². The third-order valence-corrected chi connectivity index (χ3v) is 3.74. The Balaban J connectivity index is 2.50. The molecule has 0 aromatic heterocycles. The van der Waals surface area contributed by atoms with Gasteiger partial charge in [0.1, 0.15) is 5.75 Å². The van der Waals surface area contributed by atoms with E-state index in [2.05, 4.69) is 6.58 Å². The van der Waals surface area contributed by atoms with Gasteiger partial charge in [-0.15, -0.1) is 0 Å². The highest BCUT2D eigenvalue weighted by molar-refractivity contribution is 6.31. The molecule has 5 heteroatoms. The van der Waals surface area contributed by atoms with Gasteiger partial charge in [0.15, 0.2) is 5.78 Å². The molecule has 124 valence electrons. The number of hydrogen-bond acceptors (Lipinski definition) is 4. The van der Waals surface area contributed by atoms with Crippen LogP contribution in [0.2, 0.25) is 5.02 Å². The molecule has 0 radical (unpaired) electrons. The standard InChI is InChI=1S/C19H17ClO4/c1-3-24-19(23)12(2)17(13-7-5-4-6-8-13)18(22)15-11-14(20)9-10-16(15)21/h4-11,17,21H,2-3H2,1H3. The normalized spacial score (nSPS) is 11.6. The van der Waals surface area contributed by atoms with E-state index in [-0.39, 0.29) is 23.5 Å². The van der Waals surface area contributed by atoms with Gasteiger partial charge in [-0.05, 0) is 30.7 Å². The molecule has 1 atom stereocenters. The van der Waals surface area contributed by atoms with Crippen LogP contribution in [0.25, 0.3) is 0 Å². The summed E-state index contributed by atoms with van der Waals surface area (Å²) >= 11 is 5.93.